The van der Waals surface area contributed by atoms with Crippen molar-refractivity contribution < 1.29 is 9.59 Å². The lowest BCUT2D eigenvalue weighted by molar-refractivity contribution is -0.136. The molecule has 2 amide bonds. The maximum absolute atomic E-state index is 12.8. The van der Waals surface area contributed by atoms with E-state index in [1.807, 2.05) is 36.4 Å². The van der Waals surface area contributed by atoms with E-state index in [9.17, 15) is 9.59 Å². The van der Waals surface area contributed by atoms with E-state index in [1.165, 1.54) is 0 Å². The predicted octanol–water partition coefficient (Wildman–Crippen LogP) is 2.54. The van der Waals surface area contributed by atoms with Gasteiger partial charge in [0.1, 0.15) is 0 Å². The number of nitrogens with one attached hydrogen (secondary N) is 1. The Morgan fingerprint density at radius 3 is 2.48 bits per heavy atom. The molecule has 1 aromatic rings. The maximum atomic E-state index is 12.8. The van der Waals surface area contributed by atoms with Gasteiger partial charge in [-0.1, -0.05) is 30.3 Å². The summed E-state index contributed by atoms with van der Waals surface area (Å²) in [5, 5.41) is 3.09. The summed E-state index contributed by atoms with van der Waals surface area (Å²) in [5.41, 5.74) is 1.02. The minimum Gasteiger partial charge on any atom is -0.350 e. The zero-order chi connectivity index (χ0) is 19.1. The molecule has 0 unspecified atom stereocenters. The molecular formula is C22H31N3O2. The average molecular weight is 370 g/mol. The molecule has 1 N–H and O–H groups in total. The number of carbonyl (C=O) groups excluding carboxylic acids is 2. The first-order valence-electron chi connectivity index (χ1n) is 10.1. The third-order valence-electron chi connectivity index (χ3n) is 5.68. The Labute approximate surface area is 162 Å². The van der Waals surface area contributed by atoms with Gasteiger partial charge in [0.2, 0.25) is 11.8 Å². The Balaban J connectivity index is 1.42. The van der Waals surface area contributed by atoms with Gasteiger partial charge in [0.05, 0.1) is 0 Å². The molecule has 5 heteroatoms. The smallest absolute Gasteiger partial charge is 0.244 e. The van der Waals surface area contributed by atoms with Gasteiger partial charge in [0.25, 0.3) is 0 Å². The van der Waals surface area contributed by atoms with E-state index in [4.69, 9.17) is 0 Å². The highest BCUT2D eigenvalue weighted by Gasteiger charge is 2.30. The molecule has 0 aromatic heterocycles. The lowest BCUT2D eigenvalue weighted by Crippen LogP contribution is -2.43. The van der Waals surface area contributed by atoms with Gasteiger partial charge < -0.3 is 15.1 Å². The van der Waals surface area contributed by atoms with Gasteiger partial charge >= 0.3 is 0 Å². The summed E-state index contributed by atoms with van der Waals surface area (Å²) in [6, 6.07) is 10.00. The van der Waals surface area contributed by atoms with E-state index < -0.39 is 0 Å². The van der Waals surface area contributed by atoms with Crippen LogP contribution in [0.3, 0.4) is 0 Å². The number of rotatable bonds is 4. The van der Waals surface area contributed by atoms with Crippen LogP contribution >= 0.6 is 0 Å². The molecule has 2 fully saturated rings. The molecule has 3 rings (SSSR count). The van der Waals surface area contributed by atoms with Gasteiger partial charge in [-0.15, -0.1) is 0 Å². The average Bonchev–Trinajstić information content (AvgIpc) is 2.92. The topological polar surface area (TPSA) is 52.6 Å². The minimum atomic E-state index is -0.0517. The molecule has 1 saturated carbocycles. The molecule has 1 aliphatic carbocycles. The first-order valence-corrected chi connectivity index (χ1v) is 10.1. The van der Waals surface area contributed by atoms with Crippen molar-refractivity contribution in [2.45, 2.75) is 38.1 Å². The fourth-order valence-electron chi connectivity index (χ4n) is 4.00. The van der Waals surface area contributed by atoms with Crippen LogP contribution in [0.1, 0.15) is 37.7 Å². The molecule has 0 bridgehead atoms. The summed E-state index contributed by atoms with van der Waals surface area (Å²) in [5.74, 6) is 0.393. The summed E-state index contributed by atoms with van der Waals surface area (Å²) in [6.07, 6.45) is 8.00. The Kier molecular flexibility index (Phi) is 7.04. The van der Waals surface area contributed by atoms with Crippen LogP contribution in [-0.4, -0.2) is 60.9 Å². The number of benzene rings is 1. The molecule has 5 nitrogen and oxygen atoms in total. The van der Waals surface area contributed by atoms with Crippen LogP contribution in [0, 0.1) is 5.92 Å². The molecule has 1 heterocycles. The molecule has 0 spiro atoms. The Bertz CT molecular complexity index is 651. The summed E-state index contributed by atoms with van der Waals surface area (Å²) in [6.45, 7) is 3.75. The maximum Gasteiger partial charge on any atom is 0.244 e. The fourth-order valence-corrected chi connectivity index (χ4v) is 4.00. The van der Waals surface area contributed by atoms with E-state index in [1.54, 1.807) is 6.08 Å². The van der Waals surface area contributed by atoms with Crippen LogP contribution in [0.25, 0.3) is 6.08 Å². The molecule has 1 saturated heterocycles. The predicted molar refractivity (Wildman–Crippen MR) is 108 cm³/mol. The number of likely N-dealkylation sites (N-methyl/N-ethyl adjacent to an activating group) is 1. The van der Waals surface area contributed by atoms with E-state index >= 15 is 0 Å². The number of carbonyl (C=O) groups is 2. The third-order valence-corrected chi connectivity index (χ3v) is 5.68. The molecule has 0 atom stereocenters. The highest BCUT2D eigenvalue weighted by molar-refractivity contribution is 5.91. The molecule has 1 aliphatic heterocycles. The normalized spacial score (nSPS) is 24.6. The number of hydrogen-bond donors (Lipinski definition) is 1. The van der Waals surface area contributed by atoms with E-state index in [0.29, 0.717) is 5.91 Å². The van der Waals surface area contributed by atoms with E-state index in [-0.39, 0.29) is 17.9 Å². The number of nitrogens with zero attached hydrogens (tertiary/aromatic N) is 2. The molecule has 0 radical (unpaired) electrons. The zero-order valence-corrected chi connectivity index (χ0v) is 16.3. The monoisotopic (exact) mass is 369 g/mol. The van der Waals surface area contributed by atoms with Gasteiger partial charge in [-0.2, -0.15) is 0 Å². The van der Waals surface area contributed by atoms with Crippen molar-refractivity contribution in [3.8, 4) is 0 Å². The highest BCUT2D eigenvalue weighted by Crippen LogP contribution is 2.26. The van der Waals surface area contributed by atoms with Crippen LogP contribution in [0.2, 0.25) is 0 Å². The van der Waals surface area contributed by atoms with Crippen molar-refractivity contribution in [1.82, 2.24) is 15.1 Å². The first-order chi connectivity index (χ1) is 13.1. The second-order valence-electron chi connectivity index (χ2n) is 7.78. The van der Waals surface area contributed by atoms with Crippen molar-refractivity contribution in [1.29, 1.82) is 0 Å². The van der Waals surface area contributed by atoms with E-state index in [2.05, 4.69) is 22.2 Å². The summed E-state index contributed by atoms with van der Waals surface area (Å²) >= 11 is 0. The molecule has 146 valence electrons. The van der Waals surface area contributed by atoms with Crippen molar-refractivity contribution in [3.05, 3.63) is 42.0 Å². The highest BCUT2D eigenvalue weighted by atomic mass is 16.2. The van der Waals surface area contributed by atoms with Crippen LogP contribution in [0.15, 0.2) is 36.4 Å². The van der Waals surface area contributed by atoms with Gasteiger partial charge in [-0.05, 0) is 57.3 Å². The van der Waals surface area contributed by atoms with Crippen molar-refractivity contribution in [2.75, 3.05) is 33.2 Å². The Morgan fingerprint density at radius 1 is 1.00 bits per heavy atom. The van der Waals surface area contributed by atoms with Gasteiger partial charge in [-0.25, -0.2) is 0 Å². The van der Waals surface area contributed by atoms with Crippen molar-refractivity contribution in [3.63, 3.8) is 0 Å². The lowest BCUT2D eigenvalue weighted by Gasteiger charge is -2.32. The van der Waals surface area contributed by atoms with Gasteiger partial charge in [0, 0.05) is 37.7 Å². The van der Waals surface area contributed by atoms with Gasteiger partial charge in [-0.3, -0.25) is 9.59 Å². The second kappa shape index (κ2) is 9.70. The molecule has 2 aliphatic rings. The van der Waals surface area contributed by atoms with Crippen LogP contribution in [-0.2, 0) is 9.59 Å². The number of amides is 2. The Morgan fingerprint density at radius 2 is 1.74 bits per heavy atom. The van der Waals surface area contributed by atoms with Crippen molar-refractivity contribution in [2.24, 2.45) is 5.92 Å². The second-order valence-corrected chi connectivity index (χ2v) is 7.78. The molecule has 1 aromatic carbocycles. The SMILES string of the molecule is CN1CCCN(C(=O)C2CCC(NC(=O)/C=C/c3ccccc3)CC2)CC1. The zero-order valence-electron chi connectivity index (χ0n) is 16.3. The standard InChI is InChI=1S/C22H31N3O2/c1-24-14-5-15-25(17-16-24)22(27)19-9-11-20(12-10-19)23-21(26)13-8-18-6-3-2-4-7-18/h2-4,6-8,13,19-20H,5,9-12,14-17H2,1H3,(H,23,26)/b13-8+. The summed E-state index contributed by atoms with van der Waals surface area (Å²) < 4.78 is 0. The minimum absolute atomic E-state index is 0.0517. The summed E-state index contributed by atoms with van der Waals surface area (Å²) in [4.78, 5) is 29.3. The quantitative estimate of drug-likeness (QED) is 0.830. The van der Waals surface area contributed by atoms with Gasteiger partial charge in [0.15, 0.2) is 0 Å². The van der Waals surface area contributed by atoms with Crippen molar-refractivity contribution >= 4 is 17.9 Å². The van der Waals surface area contributed by atoms with Crippen LogP contribution in [0.5, 0.6) is 0 Å². The van der Waals surface area contributed by atoms with Crippen LogP contribution in [0.4, 0.5) is 0 Å². The molecule has 27 heavy (non-hydrogen) atoms. The number of hydrogen-bond acceptors (Lipinski definition) is 3. The third kappa shape index (κ3) is 5.93. The largest absolute Gasteiger partial charge is 0.350 e. The fraction of sp³-hybridized carbons (Fsp3) is 0.545. The molecular weight excluding hydrogens is 338 g/mol. The Hall–Kier alpha value is -2.14. The van der Waals surface area contributed by atoms with E-state index in [0.717, 1.165) is 63.8 Å². The first kappa shape index (κ1) is 19.6. The summed E-state index contributed by atoms with van der Waals surface area (Å²) in [7, 11) is 2.12. The lowest BCUT2D eigenvalue weighted by atomic mass is 9.85. The van der Waals surface area contributed by atoms with Crippen LogP contribution < -0.4 is 5.32 Å².